The minimum atomic E-state index is 0.0543. The Morgan fingerprint density at radius 3 is 2.24 bits per heavy atom. The molecule has 4 heteroatoms. The fraction of sp³-hybridized carbons (Fsp3) is 0.538. The van der Waals surface area contributed by atoms with Crippen LogP contribution in [-0.2, 0) is 5.41 Å². The van der Waals surface area contributed by atoms with Crippen LogP contribution in [0.25, 0.3) is 0 Å². The van der Waals surface area contributed by atoms with E-state index in [1.807, 2.05) is 12.1 Å². The summed E-state index contributed by atoms with van der Waals surface area (Å²) in [5.41, 5.74) is 7.18. The highest BCUT2D eigenvalue weighted by Gasteiger charge is 2.41. The highest BCUT2D eigenvalue weighted by molar-refractivity contribution is 9.10. The van der Waals surface area contributed by atoms with E-state index in [0.717, 1.165) is 34.4 Å². The van der Waals surface area contributed by atoms with E-state index < -0.39 is 0 Å². The minimum Gasteiger partial charge on any atom is -0.496 e. The maximum Gasteiger partial charge on any atom is 0.133 e. The van der Waals surface area contributed by atoms with Crippen molar-refractivity contribution in [2.45, 2.75) is 24.7 Å². The van der Waals surface area contributed by atoms with Gasteiger partial charge in [-0.25, -0.2) is 0 Å². The summed E-state index contributed by atoms with van der Waals surface area (Å²) in [6.07, 6.45) is 3.46. The van der Waals surface area contributed by atoms with Crippen LogP contribution in [0.1, 0.15) is 24.8 Å². The van der Waals surface area contributed by atoms with Crippen molar-refractivity contribution in [1.82, 2.24) is 0 Å². The van der Waals surface area contributed by atoms with E-state index in [-0.39, 0.29) is 5.41 Å². The molecule has 1 aliphatic rings. The van der Waals surface area contributed by atoms with Gasteiger partial charge in [-0.15, -0.1) is 0 Å². The summed E-state index contributed by atoms with van der Waals surface area (Å²) in [5, 5.41) is 0. The molecule has 0 aliphatic heterocycles. The first kappa shape index (κ1) is 12.7. The summed E-state index contributed by atoms with van der Waals surface area (Å²) in [6, 6.07) is 3.87. The predicted molar refractivity (Wildman–Crippen MR) is 71.8 cm³/mol. The zero-order valence-corrected chi connectivity index (χ0v) is 11.8. The largest absolute Gasteiger partial charge is 0.496 e. The monoisotopic (exact) mass is 299 g/mol. The van der Waals surface area contributed by atoms with Gasteiger partial charge in [0.25, 0.3) is 0 Å². The molecule has 3 nitrogen and oxygen atoms in total. The van der Waals surface area contributed by atoms with E-state index in [2.05, 4.69) is 15.9 Å². The third kappa shape index (κ3) is 1.93. The van der Waals surface area contributed by atoms with Gasteiger partial charge >= 0.3 is 0 Å². The summed E-state index contributed by atoms with van der Waals surface area (Å²) >= 11 is 3.62. The van der Waals surface area contributed by atoms with Crippen molar-refractivity contribution >= 4 is 15.9 Å². The number of rotatable bonds is 4. The molecule has 17 heavy (non-hydrogen) atoms. The fourth-order valence-electron chi connectivity index (χ4n) is 2.52. The summed E-state index contributed by atoms with van der Waals surface area (Å²) in [7, 11) is 3.37. The quantitative estimate of drug-likeness (QED) is 0.930. The van der Waals surface area contributed by atoms with Gasteiger partial charge in [-0.3, -0.25) is 0 Å². The zero-order chi connectivity index (χ0) is 12.5. The smallest absolute Gasteiger partial charge is 0.133 e. The Morgan fingerprint density at radius 1 is 1.24 bits per heavy atom. The van der Waals surface area contributed by atoms with Gasteiger partial charge in [-0.1, -0.05) is 6.42 Å². The molecule has 94 valence electrons. The van der Waals surface area contributed by atoms with Gasteiger partial charge in [-0.2, -0.15) is 0 Å². The van der Waals surface area contributed by atoms with E-state index in [1.165, 1.54) is 6.42 Å². The Hall–Kier alpha value is -0.740. The number of ether oxygens (including phenoxy) is 2. The lowest BCUT2D eigenvalue weighted by Crippen LogP contribution is -2.42. The molecule has 0 atom stereocenters. The molecule has 1 aromatic carbocycles. The van der Waals surface area contributed by atoms with Gasteiger partial charge in [0, 0.05) is 17.5 Å². The second-order valence-electron chi connectivity index (χ2n) is 4.50. The average molecular weight is 300 g/mol. The first-order valence-corrected chi connectivity index (χ1v) is 6.59. The highest BCUT2D eigenvalue weighted by atomic mass is 79.9. The van der Waals surface area contributed by atoms with Gasteiger partial charge in [0.1, 0.15) is 11.5 Å². The number of halogens is 1. The lowest BCUT2D eigenvalue weighted by Gasteiger charge is -2.42. The lowest BCUT2D eigenvalue weighted by molar-refractivity contribution is 0.241. The molecule has 1 saturated carbocycles. The average Bonchev–Trinajstić information content (AvgIpc) is 2.30. The van der Waals surface area contributed by atoms with Crippen LogP contribution in [0.3, 0.4) is 0 Å². The van der Waals surface area contributed by atoms with Gasteiger partial charge in [0.05, 0.1) is 18.7 Å². The topological polar surface area (TPSA) is 44.5 Å². The number of benzene rings is 1. The van der Waals surface area contributed by atoms with Crippen molar-refractivity contribution in [3.8, 4) is 11.5 Å². The molecule has 1 aliphatic carbocycles. The van der Waals surface area contributed by atoms with Crippen LogP contribution in [-0.4, -0.2) is 20.8 Å². The molecular weight excluding hydrogens is 282 g/mol. The molecule has 0 spiro atoms. The third-order valence-corrected chi connectivity index (χ3v) is 4.53. The Balaban J connectivity index is 2.56. The van der Waals surface area contributed by atoms with Crippen molar-refractivity contribution in [2.75, 3.05) is 20.8 Å². The number of hydrogen-bond acceptors (Lipinski definition) is 3. The Bertz CT molecular complexity index is 411. The number of nitrogens with two attached hydrogens (primary N) is 1. The van der Waals surface area contributed by atoms with E-state index >= 15 is 0 Å². The molecule has 0 radical (unpaired) electrons. The summed E-state index contributed by atoms with van der Waals surface area (Å²) < 4.78 is 11.8. The number of hydrogen-bond donors (Lipinski definition) is 1. The maximum atomic E-state index is 5.97. The van der Waals surface area contributed by atoms with Gasteiger partial charge in [0.2, 0.25) is 0 Å². The van der Waals surface area contributed by atoms with Crippen molar-refractivity contribution in [1.29, 1.82) is 0 Å². The molecule has 2 N–H and O–H groups in total. The first-order valence-electron chi connectivity index (χ1n) is 5.79. The summed E-state index contributed by atoms with van der Waals surface area (Å²) in [5.74, 6) is 1.73. The van der Waals surface area contributed by atoms with Gasteiger partial charge in [-0.05, 0) is 40.9 Å². The van der Waals surface area contributed by atoms with E-state index in [0.29, 0.717) is 6.54 Å². The molecule has 2 rings (SSSR count). The molecule has 1 fully saturated rings. The molecule has 0 bridgehead atoms. The molecule has 1 aromatic rings. The molecule has 0 amide bonds. The maximum absolute atomic E-state index is 5.97. The predicted octanol–water partition coefficient (Wildman–Crippen LogP) is 2.85. The van der Waals surface area contributed by atoms with Gasteiger partial charge in [0.15, 0.2) is 0 Å². The number of methoxy groups -OCH3 is 2. The summed E-state index contributed by atoms with van der Waals surface area (Å²) in [4.78, 5) is 0. The molecular formula is C13H18BrNO2. The van der Waals surface area contributed by atoms with E-state index in [1.54, 1.807) is 14.2 Å². The Kier molecular flexibility index (Phi) is 3.64. The summed E-state index contributed by atoms with van der Waals surface area (Å²) in [6.45, 7) is 0.648. The van der Waals surface area contributed by atoms with E-state index in [4.69, 9.17) is 15.2 Å². The van der Waals surface area contributed by atoms with Crippen LogP contribution in [0.4, 0.5) is 0 Å². The molecule has 0 saturated heterocycles. The van der Waals surface area contributed by atoms with Crippen molar-refractivity contribution in [2.24, 2.45) is 5.73 Å². The normalized spacial score (nSPS) is 17.4. The van der Waals surface area contributed by atoms with Crippen molar-refractivity contribution in [3.05, 3.63) is 22.2 Å². The minimum absolute atomic E-state index is 0.0543. The third-order valence-electron chi connectivity index (χ3n) is 3.74. The fourth-order valence-corrected chi connectivity index (χ4v) is 3.43. The van der Waals surface area contributed by atoms with E-state index in [9.17, 15) is 0 Å². The Morgan fingerprint density at radius 2 is 1.82 bits per heavy atom. The standard InChI is InChI=1S/C13H18BrNO2/c1-16-9-4-5-10(17-2)12(14)11(9)13(8-15)6-3-7-13/h4-5H,3,6-8,15H2,1-2H3. The Labute approximate surface area is 110 Å². The van der Waals surface area contributed by atoms with Crippen LogP contribution in [0.15, 0.2) is 16.6 Å². The lowest BCUT2D eigenvalue weighted by atomic mass is 9.64. The van der Waals surface area contributed by atoms with Crippen LogP contribution < -0.4 is 15.2 Å². The molecule has 0 unspecified atom stereocenters. The first-order chi connectivity index (χ1) is 8.18. The van der Waals surface area contributed by atoms with Crippen LogP contribution in [0.5, 0.6) is 11.5 Å². The molecule has 0 heterocycles. The van der Waals surface area contributed by atoms with Crippen LogP contribution >= 0.6 is 15.9 Å². The zero-order valence-electron chi connectivity index (χ0n) is 10.3. The second kappa shape index (κ2) is 4.86. The van der Waals surface area contributed by atoms with Crippen molar-refractivity contribution in [3.63, 3.8) is 0 Å². The van der Waals surface area contributed by atoms with Crippen LogP contribution in [0.2, 0.25) is 0 Å². The molecule has 0 aromatic heterocycles. The van der Waals surface area contributed by atoms with Crippen LogP contribution in [0, 0.1) is 0 Å². The van der Waals surface area contributed by atoms with Crippen molar-refractivity contribution < 1.29 is 9.47 Å². The highest BCUT2D eigenvalue weighted by Crippen LogP contribution is 2.51. The second-order valence-corrected chi connectivity index (χ2v) is 5.29. The SMILES string of the molecule is COc1ccc(OC)c(C2(CN)CCC2)c1Br. The van der Waals surface area contributed by atoms with Gasteiger partial charge < -0.3 is 15.2 Å².